The number of aryl methyl sites for hydroxylation is 1. The van der Waals surface area contributed by atoms with Crippen LogP contribution in [0.15, 0.2) is 4.21 Å². The van der Waals surface area contributed by atoms with E-state index >= 15 is 0 Å². The number of hydrogen-bond donors (Lipinski definition) is 2. The van der Waals surface area contributed by atoms with Crippen molar-refractivity contribution in [2.45, 2.75) is 11.1 Å². The molecule has 1 rings (SSSR count). The number of aliphatic hydroxyl groups is 1. The summed E-state index contributed by atoms with van der Waals surface area (Å²) in [6.07, 6.45) is 1.37. The summed E-state index contributed by atoms with van der Waals surface area (Å²) in [6.45, 7) is 1.58. The van der Waals surface area contributed by atoms with E-state index in [2.05, 4.69) is 4.98 Å². The van der Waals surface area contributed by atoms with E-state index in [0.717, 1.165) is 0 Å². The smallest absolute Gasteiger partial charge is 0.188 e. The van der Waals surface area contributed by atoms with Gasteiger partial charge in [0.2, 0.25) is 0 Å². The summed E-state index contributed by atoms with van der Waals surface area (Å²) < 4.78 is 19.4. The molecule has 0 bridgehead atoms. The van der Waals surface area contributed by atoms with Gasteiger partial charge in [0.1, 0.15) is 10.9 Å². The molecular formula is C7H13N3O2S2. The third-order valence-corrected chi connectivity index (χ3v) is 4.91. The monoisotopic (exact) mass is 235 g/mol. The van der Waals surface area contributed by atoms with Gasteiger partial charge in [0.05, 0.1) is 15.4 Å². The molecule has 0 aromatic carbocycles. The number of rotatable bonds is 3. The fraction of sp³-hybridized carbons (Fsp3) is 0.571. The lowest BCUT2D eigenvalue weighted by Crippen LogP contribution is -2.17. The number of thiazole rings is 1. The van der Waals surface area contributed by atoms with Crippen LogP contribution >= 0.6 is 11.3 Å². The van der Waals surface area contributed by atoms with E-state index in [0.29, 0.717) is 15.0 Å². The quantitative estimate of drug-likeness (QED) is 0.762. The predicted molar refractivity (Wildman–Crippen MR) is 57.4 cm³/mol. The maximum absolute atomic E-state index is 11.5. The third kappa shape index (κ3) is 2.23. The van der Waals surface area contributed by atoms with Crippen LogP contribution in [0.3, 0.4) is 0 Å². The number of anilines is 1. The molecule has 0 amide bonds. The van der Waals surface area contributed by atoms with Crippen LogP contribution in [0.2, 0.25) is 0 Å². The molecule has 0 aliphatic rings. The Hall–Kier alpha value is -0.660. The zero-order valence-electron chi connectivity index (χ0n) is 8.27. The molecule has 2 N–H and O–H groups in total. The second-order valence-corrected chi connectivity index (χ2v) is 6.38. The van der Waals surface area contributed by atoms with Crippen molar-refractivity contribution in [3.8, 4) is 0 Å². The van der Waals surface area contributed by atoms with Gasteiger partial charge >= 0.3 is 0 Å². The normalized spacial score (nSPS) is 15.1. The molecule has 7 heteroatoms. The van der Waals surface area contributed by atoms with Crippen LogP contribution < -0.4 is 4.90 Å². The second-order valence-electron chi connectivity index (χ2n) is 3.05. The first-order chi connectivity index (χ1) is 6.36. The lowest BCUT2D eigenvalue weighted by molar-refractivity contribution is 0.298. The van der Waals surface area contributed by atoms with Crippen molar-refractivity contribution in [2.75, 3.05) is 24.9 Å². The highest BCUT2D eigenvalue weighted by Crippen LogP contribution is 2.28. The summed E-state index contributed by atoms with van der Waals surface area (Å²) in [5.41, 5.74) is 0.604. The molecule has 1 unspecified atom stereocenters. The van der Waals surface area contributed by atoms with Gasteiger partial charge in [0.25, 0.3) is 0 Å². The topological polar surface area (TPSA) is 77.3 Å². The lowest BCUT2D eigenvalue weighted by Gasteiger charge is -2.09. The first-order valence-electron chi connectivity index (χ1n) is 3.89. The van der Waals surface area contributed by atoms with E-state index in [9.17, 15) is 4.21 Å². The van der Waals surface area contributed by atoms with Gasteiger partial charge in [-0.2, -0.15) is 0 Å². The average molecular weight is 235 g/mol. The van der Waals surface area contributed by atoms with Gasteiger partial charge in [-0.3, -0.25) is 0 Å². The summed E-state index contributed by atoms with van der Waals surface area (Å²) in [4.78, 5) is 5.67. The predicted octanol–water partition coefficient (Wildman–Crippen LogP) is 0.873. The van der Waals surface area contributed by atoms with E-state index in [1.807, 2.05) is 0 Å². The zero-order chi connectivity index (χ0) is 10.9. The summed E-state index contributed by atoms with van der Waals surface area (Å²) >= 11 is 1.19. The molecule has 0 spiro atoms. The van der Waals surface area contributed by atoms with Gasteiger partial charge in [0, 0.05) is 13.3 Å². The van der Waals surface area contributed by atoms with Crippen molar-refractivity contribution in [1.82, 2.24) is 4.98 Å². The molecule has 1 atom stereocenters. The first-order valence-corrected chi connectivity index (χ1v) is 6.67. The standard InChI is InChI=1S/C7H13N3O2S2/c1-5-6(14(3,8)12)13-7(9-5)10(2)4-11/h8,11H,4H2,1-3H3. The summed E-state index contributed by atoms with van der Waals surface area (Å²) in [6, 6.07) is 0. The average Bonchev–Trinajstić information content (AvgIpc) is 2.45. The number of hydrogen-bond acceptors (Lipinski definition) is 6. The van der Waals surface area contributed by atoms with Gasteiger partial charge < -0.3 is 10.0 Å². The maximum atomic E-state index is 11.5. The van der Waals surface area contributed by atoms with Crippen molar-refractivity contribution in [3.05, 3.63) is 5.69 Å². The molecule has 1 aromatic rings. The van der Waals surface area contributed by atoms with Crippen molar-refractivity contribution in [1.29, 1.82) is 4.78 Å². The highest BCUT2D eigenvalue weighted by atomic mass is 32.2. The van der Waals surface area contributed by atoms with Crippen molar-refractivity contribution >= 4 is 26.2 Å². The van der Waals surface area contributed by atoms with Gasteiger partial charge in [-0.15, -0.1) is 0 Å². The Labute approximate surface area is 87.4 Å². The van der Waals surface area contributed by atoms with Crippen LogP contribution in [-0.4, -0.2) is 34.3 Å². The van der Waals surface area contributed by atoms with Crippen molar-refractivity contribution in [2.24, 2.45) is 0 Å². The van der Waals surface area contributed by atoms with E-state index in [-0.39, 0.29) is 6.73 Å². The van der Waals surface area contributed by atoms with Gasteiger partial charge in [-0.1, -0.05) is 11.3 Å². The minimum atomic E-state index is -2.71. The molecule has 0 aliphatic carbocycles. The van der Waals surface area contributed by atoms with Crippen LogP contribution in [0, 0.1) is 11.7 Å². The first kappa shape index (κ1) is 11.4. The van der Waals surface area contributed by atoms with Gasteiger partial charge in [-0.05, 0) is 6.92 Å². The van der Waals surface area contributed by atoms with Crippen LogP contribution in [0.25, 0.3) is 0 Å². The maximum Gasteiger partial charge on any atom is 0.188 e. The number of aliphatic hydroxyl groups excluding tert-OH is 1. The van der Waals surface area contributed by atoms with Crippen LogP contribution in [0.5, 0.6) is 0 Å². The Morgan fingerprint density at radius 3 is 2.64 bits per heavy atom. The molecule has 80 valence electrons. The molecule has 0 aliphatic heterocycles. The SMILES string of the molecule is Cc1nc(N(C)CO)sc1S(C)(=N)=O. The molecule has 0 fully saturated rings. The molecule has 1 aromatic heterocycles. The molecule has 14 heavy (non-hydrogen) atoms. The van der Waals surface area contributed by atoms with Crippen LogP contribution in [0.4, 0.5) is 5.13 Å². The Morgan fingerprint density at radius 1 is 1.71 bits per heavy atom. The summed E-state index contributed by atoms with van der Waals surface area (Å²) in [7, 11) is -1.02. The minimum absolute atomic E-state index is 0.144. The molecule has 0 saturated carbocycles. The van der Waals surface area contributed by atoms with E-state index in [1.165, 1.54) is 22.5 Å². The van der Waals surface area contributed by atoms with E-state index in [1.54, 1.807) is 14.0 Å². The fourth-order valence-electron chi connectivity index (χ4n) is 0.954. The van der Waals surface area contributed by atoms with E-state index < -0.39 is 9.73 Å². The van der Waals surface area contributed by atoms with Crippen LogP contribution in [-0.2, 0) is 9.73 Å². The minimum Gasteiger partial charge on any atom is -0.376 e. The number of aromatic nitrogens is 1. The van der Waals surface area contributed by atoms with Crippen molar-refractivity contribution in [3.63, 3.8) is 0 Å². The van der Waals surface area contributed by atoms with E-state index in [4.69, 9.17) is 9.89 Å². The molecule has 0 radical (unpaired) electrons. The Balaban J connectivity index is 3.18. The van der Waals surface area contributed by atoms with Crippen molar-refractivity contribution < 1.29 is 9.32 Å². The second kappa shape index (κ2) is 3.84. The molecule has 5 nitrogen and oxygen atoms in total. The largest absolute Gasteiger partial charge is 0.376 e. The highest BCUT2D eigenvalue weighted by molar-refractivity contribution is 7.93. The molecular weight excluding hydrogens is 222 g/mol. The Bertz CT molecular complexity index is 424. The van der Waals surface area contributed by atoms with Crippen LogP contribution in [0.1, 0.15) is 5.69 Å². The zero-order valence-corrected chi connectivity index (χ0v) is 9.91. The fourth-order valence-corrected chi connectivity index (χ4v) is 3.18. The molecule has 1 heterocycles. The Morgan fingerprint density at radius 2 is 2.29 bits per heavy atom. The van der Waals surface area contributed by atoms with Gasteiger partial charge in [0.15, 0.2) is 5.13 Å². The third-order valence-electron chi connectivity index (χ3n) is 1.64. The Kier molecular flexibility index (Phi) is 3.13. The summed E-state index contributed by atoms with van der Waals surface area (Å²) in [5.74, 6) is 0. The highest BCUT2D eigenvalue weighted by Gasteiger charge is 2.15. The molecule has 0 saturated heterocycles. The van der Waals surface area contributed by atoms with Gasteiger partial charge in [-0.25, -0.2) is 14.0 Å². The summed E-state index contributed by atoms with van der Waals surface area (Å²) in [5, 5.41) is 9.45. The number of nitrogens with zero attached hydrogens (tertiary/aromatic N) is 2. The lowest BCUT2D eigenvalue weighted by atomic mass is 10.6. The number of nitrogens with one attached hydrogen (secondary N) is 1.